The molecule has 0 spiro atoms. The van der Waals surface area contributed by atoms with Crippen LogP contribution in [0.5, 0.6) is 0 Å². The zero-order valence-electron chi connectivity index (χ0n) is 31.1. The van der Waals surface area contributed by atoms with E-state index in [1.807, 2.05) is 28.7 Å². The molecule has 1 aliphatic rings. The van der Waals surface area contributed by atoms with Crippen molar-refractivity contribution in [2.45, 2.75) is 6.17 Å². The molecule has 0 saturated carbocycles. The van der Waals surface area contributed by atoms with E-state index >= 15 is 0 Å². The highest BCUT2D eigenvalue weighted by Crippen LogP contribution is 2.44. The summed E-state index contributed by atoms with van der Waals surface area (Å²) in [7, 11) is 0. The molecule has 58 heavy (non-hydrogen) atoms. The summed E-state index contributed by atoms with van der Waals surface area (Å²) in [4.78, 5) is 15.8. The Morgan fingerprint density at radius 3 is 1.83 bits per heavy atom. The summed E-state index contributed by atoms with van der Waals surface area (Å²) in [5.41, 5.74) is 8.55. The van der Waals surface area contributed by atoms with Gasteiger partial charge in [-0.05, 0) is 53.1 Å². The number of hydrogen-bond donors (Lipinski definition) is 1. The van der Waals surface area contributed by atoms with Gasteiger partial charge in [-0.1, -0.05) is 146 Å². The summed E-state index contributed by atoms with van der Waals surface area (Å²) in [5.74, 6) is 1.55. The first-order valence-corrected chi connectivity index (χ1v) is 21.1. The first-order valence-electron chi connectivity index (χ1n) is 19.5. The van der Waals surface area contributed by atoms with E-state index in [4.69, 9.17) is 15.0 Å². The van der Waals surface area contributed by atoms with Crippen LogP contribution in [0.3, 0.4) is 0 Å². The Labute approximate surface area is 342 Å². The van der Waals surface area contributed by atoms with Crippen LogP contribution in [0.15, 0.2) is 192 Å². The SMILES string of the molecule is c1ccc(C2=NC(c3cccc4sc5ccccc5c34)=NC(c3ccc(-c4ccc5nc(-c6ccccc6)c6ccc7sc8ccccc8c7c6c5c4)cc3)N2)cc1. The number of pyridine rings is 1. The smallest absolute Gasteiger partial charge is 0.160 e. The van der Waals surface area contributed by atoms with Crippen LogP contribution in [0.4, 0.5) is 0 Å². The van der Waals surface area contributed by atoms with Crippen molar-refractivity contribution in [2.75, 3.05) is 0 Å². The fourth-order valence-corrected chi connectivity index (χ4v) is 10.9. The highest BCUT2D eigenvalue weighted by Gasteiger charge is 2.24. The minimum absolute atomic E-state index is 0.321. The number of rotatable bonds is 5. The average Bonchev–Trinajstić information content (AvgIpc) is 3.88. The molecule has 1 unspecified atom stereocenters. The second-order valence-corrected chi connectivity index (χ2v) is 16.9. The van der Waals surface area contributed by atoms with Crippen LogP contribution in [0.1, 0.15) is 22.9 Å². The van der Waals surface area contributed by atoms with Crippen molar-refractivity contribution in [1.82, 2.24) is 10.3 Å². The Morgan fingerprint density at radius 1 is 0.431 bits per heavy atom. The number of hydrogen-bond acceptors (Lipinski definition) is 6. The lowest BCUT2D eigenvalue weighted by Gasteiger charge is -2.24. The molecule has 6 heteroatoms. The molecule has 272 valence electrons. The zero-order chi connectivity index (χ0) is 38.2. The highest BCUT2D eigenvalue weighted by atomic mass is 32.1. The Balaban J connectivity index is 0.987. The third kappa shape index (κ3) is 5.37. The van der Waals surface area contributed by atoms with Crippen molar-refractivity contribution in [3.63, 3.8) is 0 Å². The van der Waals surface area contributed by atoms with Crippen LogP contribution >= 0.6 is 22.7 Å². The molecule has 1 aliphatic heterocycles. The van der Waals surface area contributed by atoms with Gasteiger partial charge in [0.25, 0.3) is 0 Å². The monoisotopic (exact) mass is 776 g/mol. The van der Waals surface area contributed by atoms with Gasteiger partial charge in [0.05, 0.1) is 11.2 Å². The number of thiophene rings is 2. The first-order chi connectivity index (χ1) is 28.7. The van der Waals surface area contributed by atoms with Crippen molar-refractivity contribution in [3.8, 4) is 22.4 Å². The van der Waals surface area contributed by atoms with E-state index in [2.05, 4.69) is 181 Å². The lowest BCUT2D eigenvalue weighted by molar-refractivity contribution is 0.674. The zero-order valence-corrected chi connectivity index (χ0v) is 32.7. The predicted molar refractivity (Wildman–Crippen MR) is 248 cm³/mol. The molecule has 0 radical (unpaired) electrons. The van der Waals surface area contributed by atoms with E-state index in [1.165, 1.54) is 51.1 Å². The Bertz CT molecular complexity index is 3470. The molecule has 1 N–H and O–H groups in total. The summed E-state index contributed by atoms with van der Waals surface area (Å²) in [6, 6.07) is 64.9. The maximum Gasteiger partial charge on any atom is 0.160 e. The molecule has 8 aromatic carbocycles. The molecule has 0 fully saturated rings. The lowest BCUT2D eigenvalue weighted by Crippen LogP contribution is -2.33. The number of nitrogens with zero attached hydrogens (tertiary/aromatic N) is 3. The van der Waals surface area contributed by atoms with Gasteiger partial charge in [-0.15, -0.1) is 22.7 Å². The predicted octanol–water partition coefficient (Wildman–Crippen LogP) is 14.0. The summed E-state index contributed by atoms with van der Waals surface area (Å²) in [5, 5.41) is 12.3. The molecular weight excluding hydrogens is 745 g/mol. The van der Waals surface area contributed by atoms with Gasteiger partial charge in [-0.2, -0.15) is 0 Å². The molecule has 4 nitrogen and oxygen atoms in total. The number of nitrogens with one attached hydrogen (secondary N) is 1. The van der Waals surface area contributed by atoms with E-state index in [0.29, 0.717) is 0 Å². The fraction of sp³-hybridized carbons (Fsp3) is 0.0192. The fourth-order valence-electron chi connectivity index (χ4n) is 8.61. The quantitative estimate of drug-likeness (QED) is 0.177. The van der Waals surface area contributed by atoms with Crippen LogP contribution in [0.25, 0.3) is 84.4 Å². The summed E-state index contributed by atoms with van der Waals surface area (Å²) < 4.78 is 5.09. The first kappa shape index (κ1) is 33.2. The number of fused-ring (bicyclic) bond motifs is 10. The van der Waals surface area contributed by atoms with E-state index in [9.17, 15) is 0 Å². The van der Waals surface area contributed by atoms with Crippen molar-refractivity contribution in [1.29, 1.82) is 0 Å². The Morgan fingerprint density at radius 2 is 1.07 bits per heavy atom. The van der Waals surface area contributed by atoms with Crippen LogP contribution in [-0.2, 0) is 0 Å². The van der Waals surface area contributed by atoms with Gasteiger partial charge in [0.2, 0.25) is 0 Å². The molecule has 11 aromatic rings. The van der Waals surface area contributed by atoms with Gasteiger partial charge < -0.3 is 5.32 Å². The van der Waals surface area contributed by atoms with Crippen molar-refractivity contribution < 1.29 is 0 Å². The number of benzene rings is 8. The van der Waals surface area contributed by atoms with Gasteiger partial charge in [-0.3, -0.25) is 0 Å². The summed E-state index contributed by atoms with van der Waals surface area (Å²) in [6.45, 7) is 0. The molecular formula is C52H32N4S2. The maximum atomic E-state index is 5.32. The normalized spacial score (nSPS) is 14.4. The van der Waals surface area contributed by atoms with Gasteiger partial charge in [-0.25, -0.2) is 15.0 Å². The average molecular weight is 777 g/mol. The molecule has 3 aromatic heterocycles. The Hall–Kier alpha value is -6.99. The van der Waals surface area contributed by atoms with Crippen molar-refractivity contribution >= 4 is 96.4 Å². The standard InChI is InChI=1S/C52H32N4S2/c1-3-12-32(13-4-1)49-38-27-29-45-48(37-17-8-10-20-43(37)58-45)47(38)40-30-35(26-28-41(40)53-49)31-22-24-34(25-23-31)51-54-50(33-14-5-2-6-15-33)55-52(56-51)39-18-11-21-44-46(39)36-16-7-9-19-42(36)57-44/h1-30,51H,(H,54,55,56). The second kappa shape index (κ2) is 13.3. The molecule has 0 saturated heterocycles. The van der Waals surface area contributed by atoms with E-state index < -0.39 is 0 Å². The third-order valence-electron chi connectivity index (χ3n) is 11.3. The lowest BCUT2D eigenvalue weighted by atomic mass is 9.94. The summed E-state index contributed by atoms with van der Waals surface area (Å²) >= 11 is 3.67. The minimum Gasteiger partial charge on any atom is -0.344 e. The largest absolute Gasteiger partial charge is 0.344 e. The molecule has 0 aliphatic carbocycles. The highest BCUT2D eigenvalue weighted by molar-refractivity contribution is 7.26. The number of amidine groups is 2. The number of aromatic nitrogens is 1. The molecule has 1 atom stereocenters. The molecule has 0 amide bonds. The molecule has 4 heterocycles. The van der Waals surface area contributed by atoms with Crippen LogP contribution in [0, 0.1) is 0 Å². The van der Waals surface area contributed by atoms with Gasteiger partial charge >= 0.3 is 0 Å². The third-order valence-corrected chi connectivity index (χ3v) is 13.6. The van der Waals surface area contributed by atoms with Crippen molar-refractivity contribution in [3.05, 3.63) is 199 Å². The second-order valence-electron chi connectivity index (χ2n) is 14.7. The van der Waals surface area contributed by atoms with Crippen LogP contribution < -0.4 is 5.32 Å². The van der Waals surface area contributed by atoms with Gasteiger partial charge in [0, 0.05) is 73.2 Å². The maximum absolute atomic E-state index is 5.32. The Kier molecular flexibility index (Phi) is 7.61. The molecule has 0 bridgehead atoms. The topological polar surface area (TPSA) is 49.6 Å². The molecule has 12 rings (SSSR count). The van der Waals surface area contributed by atoms with Crippen LogP contribution in [0.2, 0.25) is 0 Å². The van der Waals surface area contributed by atoms with E-state index in [1.54, 1.807) is 0 Å². The van der Waals surface area contributed by atoms with Crippen LogP contribution in [-0.4, -0.2) is 16.7 Å². The van der Waals surface area contributed by atoms with Gasteiger partial charge in [0.15, 0.2) is 5.84 Å². The van der Waals surface area contributed by atoms with Crippen molar-refractivity contribution in [2.24, 2.45) is 9.98 Å². The number of aliphatic imine (C=N–C) groups is 2. The van der Waals surface area contributed by atoms with Gasteiger partial charge in [0.1, 0.15) is 12.0 Å². The van der Waals surface area contributed by atoms with E-state index in [0.717, 1.165) is 61.6 Å². The minimum atomic E-state index is -0.321. The summed E-state index contributed by atoms with van der Waals surface area (Å²) in [6.07, 6.45) is -0.321. The van der Waals surface area contributed by atoms with E-state index in [-0.39, 0.29) is 6.17 Å².